The SMILES string of the molecule is Cc1occc1-c1nnc(SCc2ccccc2Cl)n1C(C)C. The highest BCUT2D eigenvalue weighted by molar-refractivity contribution is 7.98. The van der Waals surface area contributed by atoms with E-state index in [2.05, 4.69) is 28.6 Å². The lowest BCUT2D eigenvalue weighted by Crippen LogP contribution is -2.05. The van der Waals surface area contributed by atoms with Crippen molar-refractivity contribution in [3.8, 4) is 11.4 Å². The summed E-state index contributed by atoms with van der Waals surface area (Å²) >= 11 is 7.87. The number of thioether (sulfide) groups is 1. The number of aryl methyl sites for hydroxylation is 1. The van der Waals surface area contributed by atoms with Gasteiger partial charge in [0.2, 0.25) is 0 Å². The number of nitrogens with zero attached hydrogens (tertiary/aromatic N) is 3. The third kappa shape index (κ3) is 3.31. The summed E-state index contributed by atoms with van der Waals surface area (Å²) in [5.74, 6) is 2.45. The van der Waals surface area contributed by atoms with E-state index in [4.69, 9.17) is 16.0 Å². The van der Waals surface area contributed by atoms with Crippen LogP contribution < -0.4 is 0 Å². The van der Waals surface area contributed by atoms with Gasteiger partial charge in [-0.15, -0.1) is 10.2 Å². The molecule has 4 nitrogen and oxygen atoms in total. The quantitative estimate of drug-likeness (QED) is 0.582. The summed E-state index contributed by atoms with van der Waals surface area (Å²) in [5.41, 5.74) is 2.08. The van der Waals surface area contributed by atoms with Crippen LogP contribution in [-0.4, -0.2) is 14.8 Å². The first-order chi connectivity index (χ1) is 11.1. The van der Waals surface area contributed by atoms with Gasteiger partial charge in [0.15, 0.2) is 11.0 Å². The fourth-order valence-corrected chi connectivity index (χ4v) is 3.75. The molecule has 0 atom stereocenters. The fourth-order valence-electron chi connectivity index (χ4n) is 2.40. The van der Waals surface area contributed by atoms with Gasteiger partial charge in [-0.05, 0) is 38.5 Å². The van der Waals surface area contributed by atoms with Gasteiger partial charge >= 0.3 is 0 Å². The highest BCUT2D eigenvalue weighted by Crippen LogP contribution is 2.32. The van der Waals surface area contributed by atoms with Crippen LogP contribution >= 0.6 is 23.4 Å². The van der Waals surface area contributed by atoms with E-state index in [1.54, 1.807) is 18.0 Å². The summed E-state index contributed by atoms with van der Waals surface area (Å²) in [6.07, 6.45) is 1.68. The highest BCUT2D eigenvalue weighted by Gasteiger charge is 2.19. The second-order valence-electron chi connectivity index (χ2n) is 5.54. The molecule has 0 saturated carbocycles. The Morgan fingerprint density at radius 3 is 2.65 bits per heavy atom. The predicted molar refractivity (Wildman–Crippen MR) is 93.9 cm³/mol. The second-order valence-corrected chi connectivity index (χ2v) is 6.89. The first kappa shape index (κ1) is 16.1. The number of aromatic nitrogens is 3. The summed E-state index contributed by atoms with van der Waals surface area (Å²) < 4.78 is 7.54. The minimum Gasteiger partial charge on any atom is -0.469 e. The Hall–Kier alpha value is -1.72. The van der Waals surface area contributed by atoms with Gasteiger partial charge in [-0.1, -0.05) is 41.6 Å². The van der Waals surface area contributed by atoms with Crippen LogP contribution in [0.4, 0.5) is 0 Å². The lowest BCUT2D eigenvalue weighted by molar-refractivity contribution is 0.531. The molecule has 6 heteroatoms. The molecule has 1 aromatic carbocycles. The molecule has 0 radical (unpaired) electrons. The molecule has 0 fully saturated rings. The topological polar surface area (TPSA) is 43.9 Å². The van der Waals surface area contributed by atoms with E-state index in [1.807, 2.05) is 37.3 Å². The van der Waals surface area contributed by atoms with Crippen molar-refractivity contribution < 1.29 is 4.42 Å². The van der Waals surface area contributed by atoms with Gasteiger partial charge in [-0.2, -0.15) is 0 Å². The Bertz CT molecular complexity index is 810. The Kier molecular flexibility index (Phi) is 4.78. The average Bonchev–Trinajstić information content (AvgIpc) is 3.12. The monoisotopic (exact) mass is 347 g/mol. The van der Waals surface area contributed by atoms with Crippen molar-refractivity contribution in [2.45, 2.75) is 37.7 Å². The zero-order valence-electron chi connectivity index (χ0n) is 13.3. The third-order valence-corrected chi connectivity index (χ3v) is 4.96. The number of hydrogen-bond acceptors (Lipinski definition) is 4. The molecule has 0 saturated heterocycles. The molecule has 2 heterocycles. The third-order valence-electron chi connectivity index (χ3n) is 3.60. The van der Waals surface area contributed by atoms with Crippen LogP contribution in [0.15, 0.2) is 46.2 Å². The van der Waals surface area contributed by atoms with E-state index in [-0.39, 0.29) is 6.04 Å². The molecule has 0 aliphatic rings. The van der Waals surface area contributed by atoms with Crippen molar-refractivity contribution in [3.05, 3.63) is 52.9 Å². The Balaban J connectivity index is 1.90. The fraction of sp³-hybridized carbons (Fsp3) is 0.294. The predicted octanol–water partition coefficient (Wildman–Crippen LogP) is 5.37. The van der Waals surface area contributed by atoms with Crippen LogP contribution in [0.3, 0.4) is 0 Å². The van der Waals surface area contributed by atoms with Gasteiger partial charge in [0.25, 0.3) is 0 Å². The molecule has 3 rings (SSSR count). The number of benzene rings is 1. The van der Waals surface area contributed by atoms with Gasteiger partial charge in [-0.3, -0.25) is 4.57 Å². The van der Waals surface area contributed by atoms with Crippen molar-refractivity contribution >= 4 is 23.4 Å². The summed E-state index contributed by atoms with van der Waals surface area (Å²) in [4.78, 5) is 0. The lowest BCUT2D eigenvalue weighted by atomic mass is 10.2. The molecular weight excluding hydrogens is 330 g/mol. The molecular formula is C17H18ClN3OS. The van der Waals surface area contributed by atoms with Crippen LogP contribution in [0.1, 0.15) is 31.2 Å². The maximum absolute atomic E-state index is 6.23. The second kappa shape index (κ2) is 6.81. The average molecular weight is 348 g/mol. The smallest absolute Gasteiger partial charge is 0.192 e. The van der Waals surface area contributed by atoms with E-state index in [9.17, 15) is 0 Å². The molecule has 0 unspecified atom stereocenters. The molecule has 0 amide bonds. The van der Waals surface area contributed by atoms with E-state index in [1.165, 1.54) is 0 Å². The molecule has 0 aliphatic heterocycles. The number of hydrogen-bond donors (Lipinski definition) is 0. The first-order valence-corrected chi connectivity index (χ1v) is 8.80. The summed E-state index contributed by atoms with van der Waals surface area (Å²) in [5, 5.41) is 10.4. The van der Waals surface area contributed by atoms with Crippen molar-refractivity contribution in [2.75, 3.05) is 0 Å². The van der Waals surface area contributed by atoms with E-state index in [0.29, 0.717) is 0 Å². The highest BCUT2D eigenvalue weighted by atomic mass is 35.5. The zero-order valence-corrected chi connectivity index (χ0v) is 14.9. The van der Waals surface area contributed by atoms with Gasteiger partial charge in [0.1, 0.15) is 5.76 Å². The molecule has 0 spiro atoms. The molecule has 2 aromatic heterocycles. The standard InChI is InChI=1S/C17H18ClN3OS/c1-11(2)21-16(14-8-9-22-12(14)3)19-20-17(21)23-10-13-6-4-5-7-15(13)18/h4-9,11H,10H2,1-3H3. The Morgan fingerprint density at radius 2 is 2.00 bits per heavy atom. The van der Waals surface area contributed by atoms with Crippen molar-refractivity contribution in [1.29, 1.82) is 0 Å². The first-order valence-electron chi connectivity index (χ1n) is 7.43. The maximum atomic E-state index is 6.23. The van der Waals surface area contributed by atoms with Gasteiger partial charge in [0, 0.05) is 16.8 Å². The lowest BCUT2D eigenvalue weighted by Gasteiger charge is -2.13. The van der Waals surface area contributed by atoms with E-state index in [0.717, 1.165) is 38.6 Å². The minimum absolute atomic E-state index is 0.253. The maximum Gasteiger partial charge on any atom is 0.192 e. The van der Waals surface area contributed by atoms with E-state index < -0.39 is 0 Å². The molecule has 0 bridgehead atoms. The van der Waals surface area contributed by atoms with Gasteiger partial charge in [-0.25, -0.2) is 0 Å². The summed E-state index contributed by atoms with van der Waals surface area (Å²) in [6, 6.07) is 10.1. The molecule has 120 valence electrons. The van der Waals surface area contributed by atoms with Crippen molar-refractivity contribution in [1.82, 2.24) is 14.8 Å². The normalized spacial score (nSPS) is 11.3. The van der Waals surface area contributed by atoms with Crippen molar-refractivity contribution in [3.63, 3.8) is 0 Å². The van der Waals surface area contributed by atoms with E-state index >= 15 is 0 Å². The van der Waals surface area contributed by atoms with Crippen molar-refractivity contribution in [2.24, 2.45) is 0 Å². The largest absolute Gasteiger partial charge is 0.469 e. The van der Waals surface area contributed by atoms with Crippen LogP contribution in [0.2, 0.25) is 5.02 Å². The van der Waals surface area contributed by atoms with Crippen LogP contribution in [0, 0.1) is 6.92 Å². The van der Waals surface area contributed by atoms with Gasteiger partial charge in [0.05, 0.1) is 11.8 Å². The molecule has 0 aliphatic carbocycles. The Labute approximate surface area is 144 Å². The van der Waals surface area contributed by atoms with Crippen LogP contribution in [-0.2, 0) is 5.75 Å². The Morgan fingerprint density at radius 1 is 1.22 bits per heavy atom. The van der Waals surface area contributed by atoms with Crippen LogP contribution in [0.5, 0.6) is 0 Å². The molecule has 23 heavy (non-hydrogen) atoms. The zero-order chi connectivity index (χ0) is 16.4. The number of halogens is 1. The summed E-state index contributed by atoms with van der Waals surface area (Å²) in [6.45, 7) is 6.19. The van der Waals surface area contributed by atoms with Gasteiger partial charge < -0.3 is 4.42 Å². The minimum atomic E-state index is 0.253. The summed E-state index contributed by atoms with van der Waals surface area (Å²) in [7, 11) is 0. The van der Waals surface area contributed by atoms with Crippen LogP contribution in [0.25, 0.3) is 11.4 Å². The molecule has 3 aromatic rings. The number of rotatable bonds is 5. The number of furan rings is 1. The molecule has 0 N–H and O–H groups in total.